The van der Waals surface area contributed by atoms with Crippen LogP contribution in [0.3, 0.4) is 0 Å². The molecule has 0 unspecified atom stereocenters. The summed E-state index contributed by atoms with van der Waals surface area (Å²) in [4.78, 5) is 41.3. The zero-order valence-corrected chi connectivity index (χ0v) is 29.6. The summed E-state index contributed by atoms with van der Waals surface area (Å²) in [5.74, 6) is 0.658. The summed E-state index contributed by atoms with van der Waals surface area (Å²) in [6, 6.07) is 12.1. The zero-order valence-electron chi connectivity index (χ0n) is 29.6. The maximum absolute atomic E-state index is 15.1. The molecule has 2 aromatic heterocycles. The second-order valence-electron chi connectivity index (χ2n) is 14.9. The first-order valence-corrected chi connectivity index (χ1v) is 17.4. The molecule has 2 aromatic carbocycles. The fourth-order valence-electron chi connectivity index (χ4n) is 6.80. The van der Waals surface area contributed by atoms with Gasteiger partial charge in [0, 0.05) is 67.3 Å². The van der Waals surface area contributed by atoms with E-state index in [4.69, 9.17) is 9.47 Å². The number of β-amino-alcohol motifs (C(OH)–C–C–N with tert-alkyl or cyclic N) is 1. The zero-order chi connectivity index (χ0) is 35.7. The third-order valence-electron chi connectivity index (χ3n) is 9.32. The van der Waals surface area contributed by atoms with Gasteiger partial charge in [0.2, 0.25) is 0 Å². The third kappa shape index (κ3) is 8.01. The summed E-state index contributed by atoms with van der Waals surface area (Å²) in [5, 5.41) is 14.1. The van der Waals surface area contributed by atoms with Gasteiger partial charge >= 0.3 is 12.1 Å². The maximum atomic E-state index is 15.1. The molecular formula is C38H47FN6O5. The molecule has 2 aliphatic heterocycles. The smallest absolute Gasteiger partial charge is 0.410 e. The van der Waals surface area contributed by atoms with E-state index in [9.17, 15) is 14.7 Å². The summed E-state index contributed by atoms with van der Waals surface area (Å²) in [6.07, 6.45) is 2.83. The number of nitrogens with zero attached hydrogens (tertiary/aromatic N) is 4. The monoisotopic (exact) mass is 686 g/mol. The number of anilines is 1. The number of ether oxygens (including phenoxy) is 2. The maximum Gasteiger partial charge on any atom is 0.410 e. The predicted molar refractivity (Wildman–Crippen MR) is 190 cm³/mol. The number of aliphatic hydroxyl groups is 1. The molecule has 4 heterocycles. The summed E-state index contributed by atoms with van der Waals surface area (Å²) in [6.45, 7) is 13.5. The summed E-state index contributed by atoms with van der Waals surface area (Å²) in [5.41, 5.74) is 3.89. The summed E-state index contributed by atoms with van der Waals surface area (Å²) in [7, 11) is 0. The average molecular weight is 687 g/mol. The SMILES string of the molecule is Cc1c(NC(=O)N2C[C@H](CC(C)C)[C@@H](O)C2)cc(F)cc1-c1ncnc2[nH]c(-c3ccc(OC4CCN(C(=O)OC(C)(C)C)CC4)cc3)cc12. The number of carbonyl (C=O) groups excluding carboxylic acids is 2. The van der Waals surface area contributed by atoms with E-state index in [1.165, 1.54) is 18.5 Å². The van der Waals surface area contributed by atoms with E-state index in [1.54, 1.807) is 9.80 Å². The molecule has 0 saturated carbocycles. The number of hydrogen-bond donors (Lipinski definition) is 3. The van der Waals surface area contributed by atoms with Crippen molar-refractivity contribution >= 4 is 28.8 Å². The van der Waals surface area contributed by atoms with Crippen LogP contribution >= 0.6 is 0 Å². The van der Waals surface area contributed by atoms with Gasteiger partial charge in [0.05, 0.1) is 11.8 Å². The van der Waals surface area contributed by atoms with Crippen LogP contribution in [0.4, 0.5) is 19.7 Å². The number of aromatic nitrogens is 3. The Morgan fingerprint density at radius 1 is 1.06 bits per heavy atom. The molecule has 3 amide bonds. The molecule has 0 radical (unpaired) electrons. The van der Waals surface area contributed by atoms with Gasteiger partial charge in [-0.2, -0.15) is 0 Å². The predicted octanol–water partition coefficient (Wildman–Crippen LogP) is 7.39. The molecule has 4 aromatic rings. The van der Waals surface area contributed by atoms with E-state index in [0.717, 1.165) is 36.3 Å². The summed E-state index contributed by atoms with van der Waals surface area (Å²) < 4.78 is 26.8. The van der Waals surface area contributed by atoms with Crippen molar-refractivity contribution in [2.24, 2.45) is 11.8 Å². The molecule has 3 N–H and O–H groups in total. The van der Waals surface area contributed by atoms with Crippen LogP contribution in [0.25, 0.3) is 33.5 Å². The van der Waals surface area contributed by atoms with Crippen LogP contribution in [-0.4, -0.2) is 86.0 Å². The molecule has 0 bridgehead atoms. The molecular weight excluding hydrogens is 639 g/mol. The number of aromatic amines is 1. The average Bonchev–Trinajstić information content (AvgIpc) is 3.66. The number of piperidine rings is 1. The molecule has 0 aliphatic carbocycles. The van der Waals surface area contributed by atoms with Crippen LogP contribution < -0.4 is 10.1 Å². The van der Waals surface area contributed by atoms with Gasteiger partial charge in [0.15, 0.2) is 0 Å². The number of H-pyrrole nitrogens is 1. The van der Waals surface area contributed by atoms with Crippen molar-refractivity contribution in [1.29, 1.82) is 0 Å². The van der Waals surface area contributed by atoms with Crippen LogP contribution in [0.15, 0.2) is 48.8 Å². The largest absolute Gasteiger partial charge is 0.490 e. The second-order valence-corrected chi connectivity index (χ2v) is 14.9. The molecule has 12 heteroatoms. The van der Waals surface area contributed by atoms with Crippen molar-refractivity contribution in [3.63, 3.8) is 0 Å². The van der Waals surface area contributed by atoms with Gasteiger partial charge in [-0.3, -0.25) is 0 Å². The molecule has 6 rings (SSSR count). The first kappa shape index (κ1) is 35.1. The quantitative estimate of drug-likeness (QED) is 0.185. The third-order valence-corrected chi connectivity index (χ3v) is 9.32. The Morgan fingerprint density at radius 2 is 1.78 bits per heavy atom. The van der Waals surface area contributed by atoms with Crippen molar-refractivity contribution in [2.45, 2.75) is 78.6 Å². The fraction of sp³-hybridized carbons (Fsp3) is 0.474. The minimum absolute atomic E-state index is 0.00151. The van der Waals surface area contributed by atoms with Crippen molar-refractivity contribution in [2.75, 3.05) is 31.5 Å². The molecule has 0 spiro atoms. The van der Waals surface area contributed by atoms with Crippen molar-refractivity contribution in [3.05, 3.63) is 60.2 Å². The van der Waals surface area contributed by atoms with Crippen LogP contribution in [-0.2, 0) is 4.74 Å². The number of urea groups is 1. The molecule has 11 nitrogen and oxygen atoms in total. The fourth-order valence-corrected chi connectivity index (χ4v) is 6.80. The van der Waals surface area contributed by atoms with Gasteiger partial charge < -0.3 is 34.7 Å². The molecule has 2 fully saturated rings. The number of halogens is 1. The van der Waals surface area contributed by atoms with Gasteiger partial charge in [-0.25, -0.2) is 23.9 Å². The normalized spacial score (nSPS) is 18.6. The Hall–Kier alpha value is -4.71. The minimum Gasteiger partial charge on any atom is -0.490 e. The number of benzene rings is 2. The Labute approximate surface area is 292 Å². The van der Waals surface area contributed by atoms with Crippen molar-refractivity contribution < 1.29 is 28.6 Å². The van der Waals surface area contributed by atoms with Gasteiger partial charge in [-0.15, -0.1) is 0 Å². The lowest BCUT2D eigenvalue weighted by atomic mass is 9.95. The lowest BCUT2D eigenvalue weighted by Crippen LogP contribution is -2.44. The number of carbonyl (C=O) groups is 2. The lowest BCUT2D eigenvalue weighted by molar-refractivity contribution is 0.0126. The van der Waals surface area contributed by atoms with E-state index < -0.39 is 17.5 Å². The number of fused-ring (bicyclic) bond motifs is 1. The molecule has 266 valence electrons. The number of aliphatic hydroxyl groups excluding tert-OH is 1. The van der Waals surface area contributed by atoms with Gasteiger partial charge in [-0.1, -0.05) is 13.8 Å². The highest BCUT2D eigenvalue weighted by Crippen LogP contribution is 2.35. The number of amides is 3. The van der Waals surface area contributed by atoms with Crippen molar-refractivity contribution in [1.82, 2.24) is 24.8 Å². The molecule has 2 atom stereocenters. The topological polar surface area (TPSA) is 133 Å². The van der Waals surface area contributed by atoms with Gasteiger partial charge in [0.25, 0.3) is 0 Å². The number of rotatable bonds is 7. The van der Waals surface area contributed by atoms with E-state index in [0.29, 0.717) is 59.1 Å². The molecule has 2 saturated heterocycles. The Morgan fingerprint density at radius 3 is 2.46 bits per heavy atom. The highest BCUT2D eigenvalue weighted by molar-refractivity contribution is 5.97. The Kier molecular flexibility index (Phi) is 10.0. The highest BCUT2D eigenvalue weighted by Gasteiger charge is 2.34. The van der Waals surface area contributed by atoms with Crippen LogP contribution in [0, 0.1) is 24.6 Å². The van der Waals surface area contributed by atoms with E-state index >= 15 is 4.39 Å². The Balaban J connectivity index is 1.15. The van der Waals surface area contributed by atoms with E-state index in [2.05, 4.69) is 34.1 Å². The number of nitrogens with one attached hydrogen (secondary N) is 2. The second kappa shape index (κ2) is 14.3. The number of likely N-dealkylation sites (tertiary alicyclic amines) is 2. The van der Waals surface area contributed by atoms with Crippen LogP contribution in [0.1, 0.15) is 59.4 Å². The van der Waals surface area contributed by atoms with Gasteiger partial charge in [0.1, 0.15) is 35.2 Å². The minimum atomic E-state index is -0.580. The van der Waals surface area contributed by atoms with Crippen molar-refractivity contribution in [3.8, 4) is 28.3 Å². The first-order chi connectivity index (χ1) is 23.7. The lowest BCUT2D eigenvalue weighted by Gasteiger charge is -2.33. The highest BCUT2D eigenvalue weighted by atomic mass is 19.1. The van der Waals surface area contributed by atoms with E-state index in [-0.39, 0.29) is 30.7 Å². The standard InChI is InChI=1S/C38H47FN6O5/c1-22(2)15-25-19-45(20-33(25)46)36(47)43-31-17-26(39)16-29(23(31)3)34-30-18-32(42-35(30)41-21-40-34)24-7-9-27(10-8-24)49-28-11-13-44(14-12-28)37(48)50-38(4,5)6/h7-10,16-18,21-22,25,28,33,46H,11-15,19-20H2,1-6H3,(H,43,47)(H,40,41,42)/t25-,33-/m0/s1. The van der Waals surface area contributed by atoms with Crippen LogP contribution in [0.2, 0.25) is 0 Å². The van der Waals surface area contributed by atoms with Gasteiger partial charge in [-0.05, 0) is 93.6 Å². The van der Waals surface area contributed by atoms with E-state index in [1.807, 2.05) is 58.0 Å². The Bertz CT molecular complexity index is 1840. The molecule has 50 heavy (non-hydrogen) atoms. The molecule has 2 aliphatic rings. The first-order valence-electron chi connectivity index (χ1n) is 17.4. The summed E-state index contributed by atoms with van der Waals surface area (Å²) >= 11 is 0. The van der Waals surface area contributed by atoms with Crippen LogP contribution in [0.5, 0.6) is 5.75 Å². The number of hydrogen-bond acceptors (Lipinski definition) is 7.